The standard InChI is InChI=1S/C19H20N2O4.C7H16/c1-13(22)18-11-21(16-8-3-4-9-17(16)25-18)12-19(23)20-14-6-5-7-15(10-14)24-2;1-3-5-7-6-4-2/h3-10,18H,11-12H2,1-2H3,(H,20,23);3-7H2,1-2H3. The number of unbranched alkanes of at least 4 members (excludes halogenated alkanes) is 4. The Hall–Kier alpha value is -3.02. The van der Waals surface area contributed by atoms with Gasteiger partial charge in [-0.1, -0.05) is 64.2 Å². The molecule has 1 unspecified atom stereocenters. The maximum Gasteiger partial charge on any atom is 0.243 e. The van der Waals surface area contributed by atoms with Crippen LogP contribution >= 0.6 is 0 Å². The molecule has 1 amide bonds. The summed E-state index contributed by atoms with van der Waals surface area (Å²) in [6, 6.07) is 14.6. The number of para-hydroxylation sites is 2. The van der Waals surface area contributed by atoms with Crippen molar-refractivity contribution in [2.24, 2.45) is 0 Å². The van der Waals surface area contributed by atoms with E-state index in [-0.39, 0.29) is 18.2 Å². The fourth-order valence-corrected chi connectivity index (χ4v) is 3.42. The zero-order chi connectivity index (χ0) is 23.3. The van der Waals surface area contributed by atoms with Crippen LogP contribution in [0.5, 0.6) is 11.5 Å². The van der Waals surface area contributed by atoms with E-state index in [0.717, 1.165) is 5.69 Å². The van der Waals surface area contributed by atoms with Crippen molar-refractivity contribution >= 4 is 23.1 Å². The maximum atomic E-state index is 12.4. The van der Waals surface area contributed by atoms with E-state index in [1.807, 2.05) is 35.2 Å². The van der Waals surface area contributed by atoms with Gasteiger partial charge >= 0.3 is 0 Å². The average Bonchev–Trinajstić information content (AvgIpc) is 2.80. The molecule has 1 N–H and O–H groups in total. The summed E-state index contributed by atoms with van der Waals surface area (Å²) in [6.07, 6.45) is 6.44. The molecule has 1 aliphatic heterocycles. The minimum absolute atomic E-state index is 0.0623. The molecule has 0 fully saturated rings. The topological polar surface area (TPSA) is 67.9 Å². The first-order valence-electron chi connectivity index (χ1n) is 11.4. The largest absolute Gasteiger partial charge is 0.497 e. The molecule has 1 aliphatic rings. The number of rotatable bonds is 9. The molecule has 0 bridgehead atoms. The van der Waals surface area contributed by atoms with Crippen molar-refractivity contribution in [1.82, 2.24) is 0 Å². The van der Waals surface area contributed by atoms with E-state index in [1.165, 1.54) is 39.0 Å². The van der Waals surface area contributed by atoms with Crippen molar-refractivity contribution < 1.29 is 19.1 Å². The lowest BCUT2D eigenvalue weighted by Gasteiger charge is -2.34. The van der Waals surface area contributed by atoms with Gasteiger partial charge in [-0.05, 0) is 31.2 Å². The van der Waals surface area contributed by atoms with E-state index in [1.54, 1.807) is 25.3 Å². The maximum absolute atomic E-state index is 12.4. The Bertz CT molecular complexity index is 864. The summed E-state index contributed by atoms with van der Waals surface area (Å²) in [6.45, 7) is 6.46. The highest BCUT2D eigenvalue weighted by molar-refractivity contribution is 5.95. The van der Waals surface area contributed by atoms with Crippen LogP contribution in [0.3, 0.4) is 0 Å². The van der Waals surface area contributed by atoms with Crippen LogP contribution < -0.4 is 19.7 Å². The number of carbonyl (C=O) groups is 2. The number of methoxy groups -OCH3 is 1. The van der Waals surface area contributed by atoms with Crippen LogP contribution in [0.1, 0.15) is 52.9 Å². The van der Waals surface area contributed by atoms with Gasteiger partial charge in [0.2, 0.25) is 5.91 Å². The van der Waals surface area contributed by atoms with Gasteiger partial charge in [-0.2, -0.15) is 0 Å². The molecule has 0 saturated carbocycles. The van der Waals surface area contributed by atoms with Crippen LogP contribution in [0.25, 0.3) is 0 Å². The second kappa shape index (κ2) is 13.4. The molecule has 3 rings (SSSR count). The van der Waals surface area contributed by atoms with E-state index < -0.39 is 6.10 Å². The third-order valence-electron chi connectivity index (χ3n) is 5.21. The summed E-state index contributed by atoms with van der Waals surface area (Å²) in [5, 5.41) is 2.85. The number of nitrogens with one attached hydrogen (secondary N) is 1. The van der Waals surface area contributed by atoms with Crippen molar-refractivity contribution in [3.05, 3.63) is 48.5 Å². The minimum Gasteiger partial charge on any atom is -0.497 e. The van der Waals surface area contributed by atoms with Gasteiger partial charge in [0.05, 0.1) is 25.9 Å². The highest BCUT2D eigenvalue weighted by atomic mass is 16.5. The van der Waals surface area contributed by atoms with Crippen LogP contribution in [0.4, 0.5) is 11.4 Å². The van der Waals surface area contributed by atoms with E-state index in [9.17, 15) is 9.59 Å². The number of amides is 1. The highest BCUT2D eigenvalue weighted by Gasteiger charge is 2.29. The van der Waals surface area contributed by atoms with Crippen LogP contribution in [0.15, 0.2) is 48.5 Å². The quantitative estimate of drug-likeness (QED) is 0.524. The summed E-state index contributed by atoms with van der Waals surface area (Å²) in [5.74, 6) is 1.05. The molecule has 2 aromatic rings. The number of ether oxygens (including phenoxy) is 2. The van der Waals surface area contributed by atoms with E-state index in [2.05, 4.69) is 19.2 Å². The summed E-state index contributed by atoms with van der Waals surface area (Å²) in [4.78, 5) is 26.0. The molecule has 0 saturated heterocycles. The summed E-state index contributed by atoms with van der Waals surface area (Å²) in [7, 11) is 1.58. The number of Topliss-reactive ketones (excluding diaryl/α,β-unsaturated/α-hetero) is 1. The third kappa shape index (κ3) is 7.91. The number of benzene rings is 2. The van der Waals surface area contributed by atoms with Gasteiger partial charge in [0, 0.05) is 11.8 Å². The van der Waals surface area contributed by atoms with Crippen LogP contribution in [-0.4, -0.2) is 38.0 Å². The lowest BCUT2D eigenvalue weighted by Crippen LogP contribution is -2.46. The Morgan fingerprint density at radius 1 is 1.06 bits per heavy atom. The molecule has 0 spiro atoms. The minimum atomic E-state index is -0.570. The normalized spacial score (nSPS) is 14.4. The van der Waals surface area contributed by atoms with Crippen molar-refractivity contribution in [2.45, 2.75) is 59.0 Å². The Balaban J connectivity index is 0.000000451. The van der Waals surface area contributed by atoms with Gasteiger partial charge in [-0.3, -0.25) is 9.59 Å². The fourth-order valence-electron chi connectivity index (χ4n) is 3.42. The smallest absolute Gasteiger partial charge is 0.243 e. The molecule has 174 valence electrons. The molecule has 0 aliphatic carbocycles. The van der Waals surface area contributed by atoms with E-state index in [0.29, 0.717) is 23.7 Å². The van der Waals surface area contributed by atoms with Crippen molar-refractivity contribution in [3.63, 3.8) is 0 Å². The highest BCUT2D eigenvalue weighted by Crippen LogP contribution is 2.33. The lowest BCUT2D eigenvalue weighted by atomic mass is 10.1. The monoisotopic (exact) mass is 440 g/mol. The van der Waals surface area contributed by atoms with Crippen molar-refractivity contribution in [3.8, 4) is 11.5 Å². The Kier molecular flexibility index (Phi) is 10.6. The van der Waals surface area contributed by atoms with Crippen molar-refractivity contribution in [1.29, 1.82) is 0 Å². The van der Waals surface area contributed by atoms with Gasteiger partial charge < -0.3 is 19.7 Å². The number of hydrogen-bond acceptors (Lipinski definition) is 5. The molecule has 6 nitrogen and oxygen atoms in total. The second-order valence-electron chi connectivity index (χ2n) is 7.91. The Morgan fingerprint density at radius 3 is 2.44 bits per heavy atom. The van der Waals surface area contributed by atoms with Gasteiger partial charge in [-0.25, -0.2) is 0 Å². The lowest BCUT2D eigenvalue weighted by molar-refractivity contribution is -0.123. The number of carbonyl (C=O) groups excluding carboxylic acids is 2. The summed E-state index contributed by atoms with van der Waals surface area (Å²) >= 11 is 0. The SMILES string of the molecule is CCCCCCC.COc1cccc(NC(=O)CN2CC(C(C)=O)Oc3ccccc32)c1. The van der Waals surface area contributed by atoms with Crippen LogP contribution in [-0.2, 0) is 9.59 Å². The third-order valence-corrected chi connectivity index (χ3v) is 5.21. The zero-order valence-electron chi connectivity index (χ0n) is 19.7. The predicted octanol–water partition coefficient (Wildman–Crippen LogP) is 5.47. The molecule has 6 heteroatoms. The predicted molar refractivity (Wildman–Crippen MR) is 130 cm³/mol. The molecule has 2 aromatic carbocycles. The van der Waals surface area contributed by atoms with E-state index in [4.69, 9.17) is 9.47 Å². The molecular formula is C26H36N2O4. The first-order valence-corrected chi connectivity index (χ1v) is 11.4. The van der Waals surface area contributed by atoms with Crippen LogP contribution in [0.2, 0.25) is 0 Å². The van der Waals surface area contributed by atoms with Gasteiger partial charge in [0.1, 0.15) is 11.5 Å². The number of hydrogen-bond donors (Lipinski definition) is 1. The van der Waals surface area contributed by atoms with Gasteiger partial charge in [0.25, 0.3) is 0 Å². The fraction of sp³-hybridized carbons (Fsp3) is 0.462. The Labute approximate surface area is 191 Å². The molecule has 1 heterocycles. The zero-order valence-corrected chi connectivity index (χ0v) is 19.7. The molecule has 0 radical (unpaired) electrons. The average molecular weight is 441 g/mol. The van der Waals surface area contributed by atoms with E-state index >= 15 is 0 Å². The Morgan fingerprint density at radius 2 is 1.78 bits per heavy atom. The number of ketones is 1. The molecule has 1 atom stereocenters. The second-order valence-corrected chi connectivity index (χ2v) is 7.91. The van der Waals surface area contributed by atoms with Gasteiger partial charge in [0.15, 0.2) is 11.9 Å². The number of fused-ring (bicyclic) bond motifs is 1. The molecular weight excluding hydrogens is 404 g/mol. The number of anilines is 2. The van der Waals surface area contributed by atoms with Gasteiger partial charge in [-0.15, -0.1) is 0 Å². The van der Waals surface area contributed by atoms with Crippen LogP contribution in [0, 0.1) is 0 Å². The van der Waals surface area contributed by atoms with Crippen molar-refractivity contribution in [2.75, 3.05) is 30.4 Å². The summed E-state index contributed by atoms with van der Waals surface area (Å²) in [5.41, 5.74) is 1.47. The molecule has 0 aromatic heterocycles. The first kappa shape index (κ1) is 25.2. The number of nitrogens with zero attached hydrogens (tertiary/aromatic N) is 1. The summed E-state index contributed by atoms with van der Waals surface area (Å²) < 4.78 is 10.9. The first-order chi connectivity index (χ1) is 15.5. The molecule has 32 heavy (non-hydrogen) atoms.